The van der Waals surface area contributed by atoms with E-state index in [1.807, 2.05) is 48.5 Å². The van der Waals surface area contributed by atoms with Crippen molar-refractivity contribution in [3.63, 3.8) is 0 Å². The van der Waals surface area contributed by atoms with Crippen LogP contribution in [-0.4, -0.2) is 37.4 Å². The number of rotatable bonds is 8. The summed E-state index contributed by atoms with van der Waals surface area (Å²) in [6, 6.07) is 15.5. The molecule has 2 aromatic rings. The van der Waals surface area contributed by atoms with Crippen LogP contribution in [0.15, 0.2) is 48.5 Å². The number of carbonyl (C=O) groups is 1. The Kier molecular flexibility index (Phi) is 6.90. The van der Waals surface area contributed by atoms with E-state index in [2.05, 4.69) is 12.2 Å². The van der Waals surface area contributed by atoms with Crippen molar-refractivity contribution in [2.45, 2.75) is 38.0 Å². The molecule has 1 heterocycles. The minimum atomic E-state index is -0.733. The standard InChI is InChI=1S/C22H27NO5/c1-3-17(23-12-11-18(24)15-7-5-4-6-8-15)16-9-10-19-20(13-16)27-14-21(28-19)22(25)26-2/h4-10,13,17-18,21,23-24H,3,11-12,14H2,1-2H3. The highest BCUT2D eigenvalue weighted by Gasteiger charge is 2.28. The maximum absolute atomic E-state index is 11.6. The zero-order valence-corrected chi connectivity index (χ0v) is 16.3. The van der Waals surface area contributed by atoms with Gasteiger partial charge in [0.2, 0.25) is 6.10 Å². The normalized spacial score (nSPS) is 17.6. The Morgan fingerprint density at radius 3 is 2.71 bits per heavy atom. The van der Waals surface area contributed by atoms with Crippen molar-refractivity contribution in [3.05, 3.63) is 59.7 Å². The molecule has 1 aliphatic heterocycles. The van der Waals surface area contributed by atoms with Gasteiger partial charge in [0, 0.05) is 6.04 Å². The van der Waals surface area contributed by atoms with Gasteiger partial charge in [-0.2, -0.15) is 0 Å². The number of aliphatic hydroxyl groups is 1. The van der Waals surface area contributed by atoms with Crippen LogP contribution >= 0.6 is 0 Å². The smallest absolute Gasteiger partial charge is 0.350 e. The third-order valence-electron chi connectivity index (χ3n) is 4.89. The van der Waals surface area contributed by atoms with E-state index < -0.39 is 18.2 Å². The van der Waals surface area contributed by atoms with Crippen LogP contribution in [0.25, 0.3) is 0 Å². The molecule has 0 bridgehead atoms. The molecule has 0 aromatic heterocycles. The second-order valence-electron chi connectivity index (χ2n) is 6.78. The van der Waals surface area contributed by atoms with Crippen molar-refractivity contribution in [2.24, 2.45) is 0 Å². The molecule has 0 amide bonds. The summed E-state index contributed by atoms with van der Waals surface area (Å²) in [4.78, 5) is 11.6. The van der Waals surface area contributed by atoms with Gasteiger partial charge in [0.25, 0.3) is 0 Å². The molecule has 0 spiro atoms. The molecule has 6 heteroatoms. The molecule has 2 aromatic carbocycles. The van der Waals surface area contributed by atoms with Crippen LogP contribution in [0.4, 0.5) is 0 Å². The van der Waals surface area contributed by atoms with E-state index in [-0.39, 0.29) is 12.6 Å². The van der Waals surface area contributed by atoms with Crippen LogP contribution in [0, 0.1) is 0 Å². The lowest BCUT2D eigenvalue weighted by Crippen LogP contribution is -2.37. The second-order valence-corrected chi connectivity index (χ2v) is 6.78. The number of methoxy groups -OCH3 is 1. The van der Waals surface area contributed by atoms with Crippen LogP contribution in [0.5, 0.6) is 11.5 Å². The number of hydrogen-bond acceptors (Lipinski definition) is 6. The number of hydrogen-bond donors (Lipinski definition) is 2. The summed E-state index contributed by atoms with van der Waals surface area (Å²) in [6.07, 6.45) is 0.308. The fraction of sp³-hybridized carbons (Fsp3) is 0.409. The Bertz CT molecular complexity index is 780. The fourth-order valence-corrected chi connectivity index (χ4v) is 3.29. The summed E-state index contributed by atoms with van der Waals surface area (Å²) in [5.41, 5.74) is 2.01. The van der Waals surface area contributed by atoms with Crippen molar-refractivity contribution < 1.29 is 24.1 Å². The van der Waals surface area contributed by atoms with Gasteiger partial charge in [-0.25, -0.2) is 4.79 Å². The van der Waals surface area contributed by atoms with E-state index in [1.165, 1.54) is 7.11 Å². The summed E-state index contributed by atoms with van der Waals surface area (Å²) in [6.45, 7) is 2.93. The van der Waals surface area contributed by atoms with Gasteiger partial charge in [0.05, 0.1) is 13.2 Å². The lowest BCUT2D eigenvalue weighted by atomic mass is 10.0. The Hall–Kier alpha value is -2.57. The molecule has 1 aliphatic rings. The minimum Gasteiger partial charge on any atom is -0.485 e. The quantitative estimate of drug-likeness (QED) is 0.680. The van der Waals surface area contributed by atoms with Crippen molar-refractivity contribution in [1.29, 1.82) is 0 Å². The van der Waals surface area contributed by atoms with Gasteiger partial charge in [-0.1, -0.05) is 43.3 Å². The van der Waals surface area contributed by atoms with Gasteiger partial charge in [0.15, 0.2) is 11.5 Å². The molecular weight excluding hydrogens is 358 g/mol. The lowest BCUT2D eigenvalue weighted by molar-refractivity contribution is -0.151. The van der Waals surface area contributed by atoms with Crippen molar-refractivity contribution in [3.8, 4) is 11.5 Å². The zero-order chi connectivity index (χ0) is 19.9. The van der Waals surface area contributed by atoms with Crippen LogP contribution in [-0.2, 0) is 9.53 Å². The first-order valence-corrected chi connectivity index (χ1v) is 9.60. The number of aliphatic hydroxyl groups excluding tert-OH is 1. The van der Waals surface area contributed by atoms with E-state index in [9.17, 15) is 9.90 Å². The van der Waals surface area contributed by atoms with Gasteiger partial charge in [-0.05, 0) is 42.6 Å². The first-order chi connectivity index (χ1) is 13.6. The van der Waals surface area contributed by atoms with Gasteiger partial charge in [0.1, 0.15) is 6.61 Å². The summed E-state index contributed by atoms with van der Waals surface area (Å²) < 4.78 is 16.1. The second kappa shape index (κ2) is 9.57. The maximum atomic E-state index is 11.6. The Morgan fingerprint density at radius 2 is 2.00 bits per heavy atom. The first-order valence-electron chi connectivity index (χ1n) is 9.60. The van der Waals surface area contributed by atoms with Gasteiger partial charge < -0.3 is 24.6 Å². The minimum absolute atomic E-state index is 0.134. The van der Waals surface area contributed by atoms with E-state index in [4.69, 9.17) is 14.2 Å². The highest BCUT2D eigenvalue weighted by Crippen LogP contribution is 2.35. The Labute approximate surface area is 165 Å². The third-order valence-corrected chi connectivity index (χ3v) is 4.89. The van der Waals surface area contributed by atoms with Crippen LogP contribution < -0.4 is 14.8 Å². The molecule has 0 fully saturated rings. The molecule has 150 valence electrons. The van der Waals surface area contributed by atoms with Gasteiger partial charge in [-0.3, -0.25) is 0 Å². The predicted molar refractivity (Wildman–Crippen MR) is 105 cm³/mol. The molecule has 0 aliphatic carbocycles. The molecule has 28 heavy (non-hydrogen) atoms. The monoisotopic (exact) mass is 385 g/mol. The van der Waals surface area contributed by atoms with Gasteiger partial charge in [-0.15, -0.1) is 0 Å². The average molecular weight is 385 g/mol. The predicted octanol–water partition coefficient (Wildman–Crippen LogP) is 3.16. The Balaban J connectivity index is 1.58. The number of carbonyl (C=O) groups excluding carboxylic acids is 1. The summed E-state index contributed by atoms with van der Waals surface area (Å²) in [7, 11) is 1.33. The zero-order valence-electron chi connectivity index (χ0n) is 16.3. The molecule has 6 nitrogen and oxygen atoms in total. The van der Waals surface area contributed by atoms with Crippen molar-refractivity contribution >= 4 is 5.97 Å². The lowest BCUT2D eigenvalue weighted by Gasteiger charge is -2.26. The molecule has 3 rings (SSSR count). The van der Waals surface area contributed by atoms with E-state index in [1.54, 1.807) is 0 Å². The molecule has 0 radical (unpaired) electrons. The first kappa shape index (κ1) is 20.2. The largest absolute Gasteiger partial charge is 0.485 e. The number of nitrogens with one attached hydrogen (secondary N) is 1. The number of fused-ring (bicyclic) bond motifs is 1. The summed E-state index contributed by atoms with van der Waals surface area (Å²) in [5.74, 6) is 0.724. The summed E-state index contributed by atoms with van der Waals surface area (Å²) >= 11 is 0. The van der Waals surface area contributed by atoms with Crippen molar-refractivity contribution in [1.82, 2.24) is 5.32 Å². The van der Waals surface area contributed by atoms with Crippen LogP contribution in [0.1, 0.15) is 43.0 Å². The number of benzene rings is 2. The average Bonchev–Trinajstić information content (AvgIpc) is 2.76. The maximum Gasteiger partial charge on any atom is 0.350 e. The van der Waals surface area contributed by atoms with Crippen LogP contribution in [0.3, 0.4) is 0 Å². The molecule has 3 unspecified atom stereocenters. The topological polar surface area (TPSA) is 77.0 Å². The molecule has 2 N–H and O–H groups in total. The van der Waals surface area contributed by atoms with Crippen molar-refractivity contribution in [2.75, 3.05) is 20.3 Å². The molecular formula is C22H27NO5. The number of ether oxygens (including phenoxy) is 3. The fourth-order valence-electron chi connectivity index (χ4n) is 3.29. The van der Waals surface area contributed by atoms with E-state index in [0.29, 0.717) is 24.5 Å². The third kappa shape index (κ3) is 4.82. The Morgan fingerprint density at radius 1 is 1.21 bits per heavy atom. The molecule has 3 atom stereocenters. The molecule has 0 saturated carbocycles. The van der Waals surface area contributed by atoms with Crippen LogP contribution in [0.2, 0.25) is 0 Å². The van der Waals surface area contributed by atoms with Gasteiger partial charge >= 0.3 is 5.97 Å². The highest BCUT2D eigenvalue weighted by atomic mass is 16.6. The SMILES string of the molecule is CCC(NCCC(O)c1ccccc1)c1ccc2c(c1)OCC(C(=O)OC)O2. The van der Waals surface area contributed by atoms with E-state index in [0.717, 1.165) is 17.5 Å². The van der Waals surface area contributed by atoms with E-state index >= 15 is 0 Å². The summed E-state index contributed by atoms with van der Waals surface area (Å²) in [5, 5.41) is 13.8. The molecule has 0 saturated heterocycles. The number of esters is 1. The highest BCUT2D eigenvalue weighted by molar-refractivity contribution is 5.75.